The van der Waals surface area contributed by atoms with Crippen LogP contribution in [0.2, 0.25) is 0 Å². The van der Waals surface area contributed by atoms with E-state index >= 15 is 0 Å². The topological polar surface area (TPSA) is 62.6 Å². The minimum atomic E-state index is -4.52. The van der Waals surface area contributed by atoms with Gasteiger partial charge in [-0.15, -0.1) is 34.8 Å². The van der Waals surface area contributed by atoms with E-state index in [-0.39, 0.29) is 26.5 Å². The van der Waals surface area contributed by atoms with E-state index in [2.05, 4.69) is 97.1 Å². The smallest absolute Gasteiger partial charge is 0.656 e. The van der Waals surface area contributed by atoms with Gasteiger partial charge in [0.1, 0.15) is 11.6 Å². The Kier molecular flexibility index (Phi) is 10.3. The van der Waals surface area contributed by atoms with Crippen LogP contribution in [-0.4, -0.2) is 24.1 Å². The SMILES string of the molecule is CC(C)(C)c1ccc(-c2nc3c(-c4[c-]c5c(cc4)c4cc(C(F)(F)F)ccc4n5-c4cc(-c5ccccc5)ccn4)cccc3n2-c2cccc(-c3ccncc3)c2)c2[n-]c3ccccc3c12.[Pt+2]. The van der Waals surface area contributed by atoms with Crippen molar-refractivity contribution in [3.63, 3.8) is 0 Å². The molecule has 10 heteroatoms. The van der Waals surface area contributed by atoms with Crippen molar-refractivity contribution < 1.29 is 34.2 Å². The fourth-order valence-electron chi connectivity index (χ4n) is 9.68. The Morgan fingerprint density at radius 1 is 0.574 bits per heavy atom. The van der Waals surface area contributed by atoms with Gasteiger partial charge in [-0.3, -0.25) is 9.55 Å². The Hall–Kier alpha value is -7.61. The van der Waals surface area contributed by atoms with E-state index < -0.39 is 11.7 Å². The molecule has 0 aliphatic carbocycles. The van der Waals surface area contributed by atoms with Gasteiger partial charge in [0.05, 0.1) is 16.6 Å². The number of aromatic nitrogens is 6. The number of pyridine rings is 2. The molecule has 0 unspecified atom stereocenters. The first-order valence-electron chi connectivity index (χ1n) is 22.1. The normalized spacial score (nSPS) is 12.1. The van der Waals surface area contributed by atoms with Crippen molar-refractivity contribution in [2.24, 2.45) is 0 Å². The van der Waals surface area contributed by atoms with Crippen LogP contribution in [-0.2, 0) is 32.7 Å². The van der Waals surface area contributed by atoms with Crippen molar-refractivity contribution in [1.82, 2.24) is 29.1 Å². The second-order valence-electron chi connectivity index (χ2n) is 18.0. The molecule has 6 nitrogen and oxygen atoms in total. The van der Waals surface area contributed by atoms with Gasteiger partial charge in [0, 0.05) is 35.4 Å². The number of alkyl halides is 3. The summed E-state index contributed by atoms with van der Waals surface area (Å²) in [5, 5.41) is 3.28. The molecule has 0 saturated heterocycles. The van der Waals surface area contributed by atoms with Crippen LogP contribution in [0.25, 0.3) is 111 Å². The Morgan fingerprint density at radius 2 is 1.31 bits per heavy atom. The maximum absolute atomic E-state index is 14.3. The van der Waals surface area contributed by atoms with Gasteiger partial charge in [-0.25, -0.2) is 9.97 Å². The summed E-state index contributed by atoms with van der Waals surface area (Å²) in [6, 6.07) is 56.5. The fourth-order valence-corrected chi connectivity index (χ4v) is 9.68. The van der Waals surface area contributed by atoms with Crippen molar-refractivity contribution >= 4 is 54.6 Å². The molecule has 0 radical (unpaired) electrons. The Morgan fingerprint density at radius 3 is 2.12 bits per heavy atom. The molecule has 332 valence electrons. The molecule has 7 aromatic carbocycles. The molecule has 12 aromatic rings. The summed E-state index contributed by atoms with van der Waals surface area (Å²) in [7, 11) is 0. The second-order valence-corrected chi connectivity index (χ2v) is 18.0. The molecule has 5 heterocycles. The van der Waals surface area contributed by atoms with Crippen molar-refractivity contribution in [2.75, 3.05) is 0 Å². The third-order valence-corrected chi connectivity index (χ3v) is 12.8. The minimum absolute atomic E-state index is 0. The number of hydrogen-bond acceptors (Lipinski definition) is 3. The zero-order valence-electron chi connectivity index (χ0n) is 37.0. The first kappa shape index (κ1) is 43.0. The summed E-state index contributed by atoms with van der Waals surface area (Å²) in [5.74, 6) is 1.28. The number of benzene rings is 7. The van der Waals surface area contributed by atoms with E-state index in [9.17, 15) is 13.2 Å². The van der Waals surface area contributed by atoms with E-state index in [0.29, 0.717) is 27.6 Å². The zero-order valence-corrected chi connectivity index (χ0v) is 39.2. The largest absolute Gasteiger partial charge is 2.00 e. The van der Waals surface area contributed by atoms with E-state index in [1.54, 1.807) is 18.6 Å². The van der Waals surface area contributed by atoms with Crippen LogP contribution >= 0.6 is 0 Å². The molecule has 68 heavy (non-hydrogen) atoms. The number of fused-ring (bicyclic) bond motifs is 7. The average molecular weight is 1070 g/mol. The fraction of sp³-hybridized carbons (Fsp3) is 0.0862. The summed E-state index contributed by atoms with van der Waals surface area (Å²) in [6.07, 6.45) is 0.801. The molecule has 0 bridgehead atoms. The van der Waals surface area contributed by atoms with Crippen molar-refractivity contribution in [3.8, 4) is 56.3 Å². The van der Waals surface area contributed by atoms with Crippen LogP contribution in [0.1, 0.15) is 31.9 Å². The number of nitrogens with zero attached hydrogens (tertiary/aromatic N) is 6. The number of halogens is 3. The predicted molar refractivity (Wildman–Crippen MR) is 264 cm³/mol. The summed E-state index contributed by atoms with van der Waals surface area (Å²) < 4.78 is 47.0. The van der Waals surface area contributed by atoms with Crippen LogP contribution in [0, 0.1) is 6.07 Å². The zero-order chi connectivity index (χ0) is 45.6. The maximum Gasteiger partial charge on any atom is 2.00 e. The van der Waals surface area contributed by atoms with Crippen LogP contribution in [0.3, 0.4) is 0 Å². The Labute approximate surface area is 404 Å². The van der Waals surface area contributed by atoms with E-state index in [1.807, 2.05) is 89.5 Å². The maximum atomic E-state index is 14.3. The van der Waals surface area contributed by atoms with Crippen molar-refractivity contribution in [1.29, 1.82) is 0 Å². The molecule has 0 N–H and O–H groups in total. The molecule has 0 saturated carbocycles. The number of imidazole rings is 1. The molecule has 0 amide bonds. The number of rotatable bonds is 6. The third kappa shape index (κ3) is 7.12. The van der Waals surface area contributed by atoms with Gasteiger partial charge in [0.25, 0.3) is 0 Å². The van der Waals surface area contributed by atoms with E-state index in [1.165, 1.54) is 17.7 Å². The summed E-state index contributed by atoms with van der Waals surface area (Å²) in [4.78, 5) is 20.0. The minimum Gasteiger partial charge on any atom is -0.656 e. The van der Waals surface area contributed by atoms with Gasteiger partial charge in [-0.1, -0.05) is 123 Å². The quantitative estimate of drug-likeness (QED) is 0.156. The van der Waals surface area contributed by atoms with Gasteiger partial charge in [-0.05, 0) is 116 Å². The first-order chi connectivity index (χ1) is 32.5. The van der Waals surface area contributed by atoms with Gasteiger partial charge in [0.15, 0.2) is 0 Å². The summed E-state index contributed by atoms with van der Waals surface area (Å²) in [5.41, 5.74) is 12.2. The monoisotopic (exact) mass is 1070 g/mol. The molecule has 12 rings (SSSR count). The second kappa shape index (κ2) is 16.3. The molecule has 0 atom stereocenters. The van der Waals surface area contributed by atoms with Crippen molar-refractivity contribution in [2.45, 2.75) is 32.4 Å². The Balaban J connectivity index is 0.00000507. The molecule has 5 aromatic heterocycles. The van der Waals surface area contributed by atoms with Crippen molar-refractivity contribution in [3.05, 3.63) is 200 Å². The first-order valence-corrected chi connectivity index (χ1v) is 22.1. The van der Waals surface area contributed by atoms with E-state index in [4.69, 9.17) is 15.0 Å². The third-order valence-electron chi connectivity index (χ3n) is 12.8. The molecule has 0 aliphatic heterocycles. The molecular weight excluding hydrogens is 1030 g/mol. The molecule has 0 spiro atoms. The van der Waals surface area contributed by atoms with Crippen LogP contribution in [0.5, 0.6) is 0 Å². The summed E-state index contributed by atoms with van der Waals surface area (Å²) in [6.45, 7) is 6.69. The van der Waals surface area contributed by atoms with Gasteiger partial charge < -0.3 is 9.55 Å². The predicted octanol–water partition coefficient (Wildman–Crippen LogP) is 15.0. The standard InChI is InChI=1S/C58H39F3N6.Pt/c1-57(2,3)47-23-22-45(55-53(47)44-15-7-8-17-48(44)64-55)56-65-54-42(16-10-18-50(54)66(56)41-14-9-13-37(31-41)36-25-28-62-29-26-36)39-19-21-43-46-34-40(58(59,60)61)20-24-49(46)67(51(43)32-39)52-33-38(27-30-63-52)35-11-5-4-6-12-35;/h4-31,33-34H,1-3H3;/q-2;+2. The summed E-state index contributed by atoms with van der Waals surface area (Å²) >= 11 is 0. The molecular formula is C58H39F3N6Pt. The van der Waals surface area contributed by atoms with Crippen LogP contribution < -0.4 is 4.98 Å². The van der Waals surface area contributed by atoms with Gasteiger partial charge in [0.2, 0.25) is 0 Å². The molecule has 0 fully saturated rings. The number of para-hydroxylation sites is 2. The number of hydrogen-bond donors (Lipinski definition) is 0. The van der Waals surface area contributed by atoms with Crippen LogP contribution in [0.15, 0.2) is 182 Å². The van der Waals surface area contributed by atoms with Crippen LogP contribution in [0.4, 0.5) is 13.2 Å². The van der Waals surface area contributed by atoms with Gasteiger partial charge >= 0.3 is 27.2 Å². The average Bonchev–Trinajstić information content (AvgIpc) is 4.03. The van der Waals surface area contributed by atoms with Gasteiger partial charge in [-0.2, -0.15) is 13.2 Å². The Bertz CT molecular complexity index is 3900. The molecule has 0 aliphatic rings. The van der Waals surface area contributed by atoms with E-state index in [0.717, 1.165) is 89.4 Å².